The summed E-state index contributed by atoms with van der Waals surface area (Å²) in [4.78, 5) is 86.9. The number of hydrogen-bond acceptors (Lipinski definition) is 35. The quantitative estimate of drug-likeness (QED) is 0.0161. The molecule has 37 heteroatoms. The van der Waals surface area contributed by atoms with Crippen LogP contribution in [0.1, 0.15) is 234 Å². The summed E-state index contributed by atoms with van der Waals surface area (Å²) in [7, 11) is 0. The largest absolute Gasteiger partial charge is 0.451 e. The van der Waals surface area contributed by atoms with Gasteiger partial charge in [-0.3, -0.25) is 4.79 Å². The number of aromatic nitrogens is 18. The molecule has 128 heavy (non-hydrogen) atoms. The number of carbonyl (C=O) groups excluding carboxylic acids is 1. The van der Waals surface area contributed by atoms with Gasteiger partial charge in [0.25, 0.3) is 0 Å². The van der Waals surface area contributed by atoms with E-state index < -0.39 is 0 Å². The number of carbonyl (C=O) groups is 1. The molecule has 0 aromatic carbocycles. The molecule has 0 bridgehead atoms. The Labute approximate surface area is 760 Å². The van der Waals surface area contributed by atoms with Crippen LogP contribution >= 0.6 is 11.8 Å². The topological polar surface area (TPSA) is 509 Å². The fraction of sp³-hybridized carbons (Fsp3) is 0.396. The number of rotatable bonds is 28. The van der Waals surface area contributed by atoms with E-state index >= 15 is 0 Å². The first-order chi connectivity index (χ1) is 60.8. The molecule has 0 radical (unpaired) electrons. The van der Waals surface area contributed by atoms with Gasteiger partial charge in [-0.1, -0.05) is 76.2 Å². The Morgan fingerprint density at radius 3 is 0.930 bits per heavy atom. The molecule has 0 unspecified atom stereocenters. The predicted molar refractivity (Wildman–Crippen MR) is 509 cm³/mol. The number of thioether (sulfide) groups is 1. The zero-order chi connectivity index (χ0) is 93.8. The molecule has 12 aromatic heterocycles. The van der Waals surface area contributed by atoms with Crippen molar-refractivity contribution in [2.24, 2.45) is 0 Å². The molecule has 1 amide bonds. The van der Waals surface area contributed by atoms with E-state index in [9.17, 15) is 4.79 Å². The van der Waals surface area contributed by atoms with Crippen LogP contribution in [0.15, 0.2) is 116 Å². The van der Waals surface area contributed by atoms with E-state index in [2.05, 4.69) is 207 Å². The molecule has 680 valence electrons. The van der Waals surface area contributed by atoms with Gasteiger partial charge in [-0.15, -0.1) is 11.8 Å². The van der Waals surface area contributed by atoms with Gasteiger partial charge in [0.05, 0.1) is 36.0 Å². The summed E-state index contributed by atoms with van der Waals surface area (Å²) >= 11 is 2.00. The Morgan fingerprint density at radius 2 is 0.641 bits per heavy atom. The van der Waals surface area contributed by atoms with Gasteiger partial charge in [0.1, 0.15) is 81.1 Å². The number of nitrogens with two attached hydrogens (primary N) is 6. The van der Waals surface area contributed by atoms with Crippen molar-refractivity contribution in [1.82, 2.24) is 89.7 Å². The maximum Gasteiger partial charge on any atom is 0.187 e. The zero-order valence-electron chi connectivity index (χ0n) is 77.5. The summed E-state index contributed by atoms with van der Waals surface area (Å²) in [5.74, 6) is 20.0. The van der Waals surface area contributed by atoms with Gasteiger partial charge in [0, 0.05) is 115 Å². The van der Waals surface area contributed by atoms with Gasteiger partial charge in [-0.25, -0.2) is 74.8 Å². The summed E-state index contributed by atoms with van der Waals surface area (Å²) in [5, 5.41) is 13.4. The molecule has 13 rings (SSSR count). The maximum atomic E-state index is 11.2. The first-order valence-corrected chi connectivity index (χ1v) is 45.7. The summed E-state index contributed by atoms with van der Waals surface area (Å²) < 4.78 is 36.6. The van der Waals surface area contributed by atoms with Gasteiger partial charge in [0.2, 0.25) is 5.91 Å². The molecular weight excluding hydrogens is 1710 g/mol. The number of nitrogens with one attached hydrogen (secondary N) is 4. The second-order valence-corrected chi connectivity index (χ2v) is 34.7. The van der Waals surface area contributed by atoms with Crippen molar-refractivity contribution in [3.8, 4) is 69.0 Å². The Balaban J connectivity index is 0.000000190. The standard InChI is InChI=1S/C16H21N5O.C16H23N5O.C15H19N5O2.C15H21N5O.C15H20N4OS.C14H18N4OSe/c1-9(2)12-7-19-15(21-11-4-5-11)6-13(12)22-14-8-18-10(3)20-16(14)17;1-9(2)12-7-19-15(20-10(3)4)6-13(12)22-14-8-18-11(5)21-16(14)17;1-8(2)11-6-18-14(20-10(4)21)5-12(11)22-13-7-17-9(3)19-15(13)16;1-5-17-14-6-12(11(7-19-14)9(2)3)21-13-8-18-10(4)20-15(13)16;1-5-21-14-6-12(11(7-18-14)9(2)3)20-13-8-17-10(4)19-15(13)16;1-8(2)10-6-17-13(20-4)5-11(10)19-12-7-16-9(3)18-14(12)15/h6-9,11H,4-5H2,1-3H3,(H,19,21)(H2,17,18,20);6-10H,1-5H3,(H,19,20)(H2,17,18,21);5-8H,1-4H3,(H2,16,17,19)(H,18,20,21);6-9H,5H2,1-4H3,(H,17,19)(H2,16,18,20);6-9H,5H2,1-4H3,(H2,16,17,19);5-8H,1-4H3,(H2,15,16,18). The first kappa shape index (κ1) is 100. The molecule has 0 spiro atoms. The Kier molecular flexibility index (Phi) is 37.5. The fourth-order valence-electron chi connectivity index (χ4n) is 11.6. The van der Waals surface area contributed by atoms with E-state index in [0.717, 1.165) is 95.7 Å². The summed E-state index contributed by atoms with van der Waals surface area (Å²) in [5.41, 5.74) is 41.4. The summed E-state index contributed by atoms with van der Waals surface area (Å²) in [6, 6.07) is 12.1. The molecule has 1 fully saturated rings. The number of aryl methyl sites for hydroxylation is 6. The van der Waals surface area contributed by atoms with Gasteiger partial charge in [-0.2, -0.15) is 0 Å². The minimum atomic E-state index is -0.200. The fourth-order valence-corrected chi connectivity index (χ4v) is 13.0. The number of nitrogens with zero attached hydrogens (tertiary/aromatic N) is 18. The molecule has 0 saturated heterocycles. The van der Waals surface area contributed by atoms with E-state index in [0.29, 0.717) is 155 Å². The normalized spacial score (nSPS) is 11.4. The van der Waals surface area contributed by atoms with Crippen molar-refractivity contribution >= 4 is 95.4 Å². The van der Waals surface area contributed by atoms with Crippen molar-refractivity contribution in [1.29, 1.82) is 0 Å². The van der Waals surface area contributed by atoms with E-state index in [4.69, 9.17) is 62.8 Å². The first-order valence-electron chi connectivity index (χ1n) is 42.1. The third kappa shape index (κ3) is 30.8. The van der Waals surface area contributed by atoms with Gasteiger partial charge in [0.15, 0.2) is 57.8 Å². The monoisotopic (exact) mass is 1830 g/mol. The van der Waals surface area contributed by atoms with Crippen LogP contribution in [0.4, 0.5) is 58.2 Å². The Morgan fingerprint density at radius 1 is 0.367 bits per heavy atom. The van der Waals surface area contributed by atoms with E-state index in [1.807, 2.05) is 82.1 Å². The molecule has 12 aromatic rings. The molecule has 1 saturated carbocycles. The molecule has 1 aliphatic rings. The number of pyridine rings is 6. The second-order valence-electron chi connectivity index (χ2n) is 31.7. The third-order valence-electron chi connectivity index (χ3n) is 18.3. The van der Waals surface area contributed by atoms with Crippen molar-refractivity contribution in [3.05, 3.63) is 179 Å². The van der Waals surface area contributed by atoms with Gasteiger partial charge in [-0.05, 0) is 104 Å². The maximum absolute atomic E-state index is 11.2. The molecular formula is C91H122N28O7SSe. The van der Waals surface area contributed by atoms with Crippen molar-refractivity contribution in [2.45, 2.75) is 231 Å². The van der Waals surface area contributed by atoms with Crippen molar-refractivity contribution in [2.75, 3.05) is 68.0 Å². The number of nitrogen functional groups attached to an aromatic ring is 6. The molecule has 0 atom stereocenters. The van der Waals surface area contributed by atoms with E-state index in [1.165, 1.54) is 26.0 Å². The number of hydrogen-bond donors (Lipinski definition) is 10. The van der Waals surface area contributed by atoms with Crippen LogP contribution in [0.2, 0.25) is 5.82 Å². The van der Waals surface area contributed by atoms with E-state index in [-0.39, 0.29) is 35.5 Å². The average molecular weight is 1830 g/mol. The minimum Gasteiger partial charge on any atom is -0.451 e. The van der Waals surface area contributed by atoms with Crippen LogP contribution in [0.25, 0.3) is 0 Å². The SMILES string of the molecule is CC(=O)Nc1cc(Oc2cnc(C)nc2N)c(C(C)C)cn1.CCNc1cc(Oc2cnc(C)nc2N)c(C(C)C)cn1.CCSc1cc(Oc2cnc(C)nc2N)c(C(C)C)cn1.C[Se]c1cc(Oc2cnc(C)nc2N)c(C(C)C)cn1.Cc1ncc(Oc2cc(NC(C)C)ncc2C(C)C)c(N)n1.Cc1ncc(Oc2cc(NC3CC3)ncc2C(C)C)c(N)n1. The van der Waals surface area contributed by atoms with Gasteiger partial charge < -0.3 is 73.6 Å². The second kappa shape index (κ2) is 47.9. The minimum absolute atomic E-state index is 0.196. The molecule has 0 aliphatic heterocycles. The van der Waals surface area contributed by atoms with Crippen molar-refractivity contribution < 1.29 is 33.2 Å². The van der Waals surface area contributed by atoms with Crippen LogP contribution in [0.5, 0.6) is 69.0 Å². The van der Waals surface area contributed by atoms with Crippen LogP contribution in [-0.4, -0.2) is 135 Å². The third-order valence-corrected chi connectivity index (χ3v) is 20.5. The van der Waals surface area contributed by atoms with Crippen LogP contribution in [0.3, 0.4) is 0 Å². The van der Waals surface area contributed by atoms with Crippen LogP contribution < -0.4 is 88.7 Å². The predicted octanol–water partition coefficient (Wildman–Crippen LogP) is 18.3. The van der Waals surface area contributed by atoms with Gasteiger partial charge >= 0.3 is 125 Å². The van der Waals surface area contributed by atoms with Crippen molar-refractivity contribution in [3.63, 3.8) is 0 Å². The zero-order valence-corrected chi connectivity index (χ0v) is 80.1. The number of anilines is 10. The molecule has 35 nitrogen and oxygen atoms in total. The average Bonchev–Trinajstić information content (AvgIpc) is 1.17. The summed E-state index contributed by atoms with van der Waals surface area (Å²) in [6.45, 7) is 46.2. The number of amides is 1. The molecule has 1 aliphatic carbocycles. The van der Waals surface area contributed by atoms with Crippen LogP contribution in [-0.2, 0) is 4.79 Å². The van der Waals surface area contributed by atoms with E-state index in [1.54, 1.807) is 96.6 Å². The molecule has 16 N–H and O–H groups in total. The summed E-state index contributed by atoms with van der Waals surface area (Å²) in [6.07, 6.45) is 22.9. The molecule has 12 heterocycles. The number of ether oxygens (including phenoxy) is 6. The Hall–Kier alpha value is -13.3. The smallest absolute Gasteiger partial charge is 0.187 e. The Bertz CT molecular complexity index is 5470. The van der Waals surface area contributed by atoms with Crippen LogP contribution in [0, 0.1) is 41.5 Å².